The number of pyridine rings is 1. The molecule has 1 saturated heterocycles. The highest BCUT2D eigenvalue weighted by Gasteiger charge is 2.48. The molecule has 37 heavy (non-hydrogen) atoms. The molecule has 2 aromatic carbocycles. The second kappa shape index (κ2) is 9.52. The van der Waals surface area contributed by atoms with Crippen LogP contribution in [-0.4, -0.2) is 37.3 Å². The van der Waals surface area contributed by atoms with Gasteiger partial charge in [-0.15, -0.1) is 10.2 Å². The maximum Gasteiger partial charge on any atom is 0.262 e. The molecule has 6 nitrogen and oxygen atoms in total. The van der Waals surface area contributed by atoms with Crippen molar-refractivity contribution in [3.05, 3.63) is 86.8 Å². The molecule has 1 aliphatic carbocycles. The van der Waals surface area contributed by atoms with Crippen LogP contribution in [-0.2, 0) is 19.0 Å². The average molecular weight is 561 g/mol. The van der Waals surface area contributed by atoms with Crippen molar-refractivity contribution in [1.29, 1.82) is 0 Å². The number of halogens is 1. The first-order chi connectivity index (χ1) is 17.8. The van der Waals surface area contributed by atoms with Crippen LogP contribution in [0.5, 0.6) is 0 Å². The van der Waals surface area contributed by atoms with Gasteiger partial charge in [-0.1, -0.05) is 41.9 Å². The van der Waals surface area contributed by atoms with Crippen molar-refractivity contribution in [2.45, 2.75) is 51.5 Å². The zero-order valence-corrected chi connectivity index (χ0v) is 23.4. The Hall–Kier alpha value is -2.77. The van der Waals surface area contributed by atoms with Crippen LogP contribution < -0.4 is 5.56 Å². The van der Waals surface area contributed by atoms with Crippen molar-refractivity contribution in [3.8, 4) is 5.69 Å². The van der Waals surface area contributed by atoms with Gasteiger partial charge in [0.2, 0.25) is 0 Å². The van der Waals surface area contributed by atoms with E-state index in [1.807, 2.05) is 29.9 Å². The quantitative estimate of drug-likeness (QED) is 0.308. The zero-order valence-electron chi connectivity index (χ0n) is 21.8. The number of hydrogen-bond donors (Lipinski definition) is 0. The average Bonchev–Trinajstić information content (AvgIpc) is 3.28. The molecule has 2 aliphatic rings. The third kappa shape index (κ3) is 4.36. The van der Waals surface area contributed by atoms with Crippen molar-refractivity contribution in [3.63, 3.8) is 0 Å². The molecule has 0 unspecified atom stereocenters. The number of aromatic nitrogens is 4. The van der Waals surface area contributed by atoms with Crippen LogP contribution >= 0.6 is 15.9 Å². The minimum Gasteiger partial charge on any atom is -0.320 e. The number of rotatable bonds is 5. The highest BCUT2D eigenvalue weighted by Crippen LogP contribution is 2.51. The summed E-state index contributed by atoms with van der Waals surface area (Å²) in [4.78, 5) is 16.4. The van der Waals surface area contributed by atoms with E-state index < -0.39 is 0 Å². The third-order valence-electron chi connectivity index (χ3n) is 8.39. The lowest BCUT2D eigenvalue weighted by atomic mass is 9.58. The smallest absolute Gasteiger partial charge is 0.262 e. The fraction of sp³-hybridized carbons (Fsp3) is 0.433. The largest absolute Gasteiger partial charge is 0.320 e. The monoisotopic (exact) mass is 559 g/mol. The topological polar surface area (TPSA) is 56.0 Å². The fourth-order valence-electron chi connectivity index (χ4n) is 6.70. The molecule has 4 aromatic rings. The molecule has 1 aliphatic heterocycles. The van der Waals surface area contributed by atoms with Gasteiger partial charge in [-0.05, 0) is 85.5 Å². The highest BCUT2D eigenvalue weighted by molar-refractivity contribution is 9.10. The Bertz CT molecular complexity index is 1520. The maximum atomic E-state index is 13.9. The molecule has 3 heterocycles. The van der Waals surface area contributed by atoms with Crippen LogP contribution in [0.3, 0.4) is 0 Å². The second-order valence-electron chi connectivity index (χ2n) is 11.4. The number of hydrogen-bond acceptors (Lipinski definition) is 4. The van der Waals surface area contributed by atoms with Gasteiger partial charge in [-0.3, -0.25) is 14.3 Å². The summed E-state index contributed by atoms with van der Waals surface area (Å²) in [5.74, 6) is 2.35. The molecule has 0 spiro atoms. The molecule has 2 aromatic heterocycles. The minimum absolute atomic E-state index is 0.0129. The van der Waals surface area contributed by atoms with Crippen molar-refractivity contribution < 1.29 is 0 Å². The number of benzene rings is 2. The summed E-state index contributed by atoms with van der Waals surface area (Å²) in [5.41, 5.74) is 3.11. The van der Waals surface area contributed by atoms with Crippen LogP contribution in [0, 0.1) is 11.8 Å². The molecule has 7 heteroatoms. The molecule has 1 atom stereocenters. The Morgan fingerprint density at radius 2 is 1.92 bits per heavy atom. The van der Waals surface area contributed by atoms with Gasteiger partial charge in [0.1, 0.15) is 12.2 Å². The summed E-state index contributed by atoms with van der Waals surface area (Å²) < 4.78 is 4.80. The van der Waals surface area contributed by atoms with Crippen molar-refractivity contribution in [2.75, 3.05) is 13.1 Å². The standard InChI is InChI=1S/C30H34BrN5O/c1-20-6-5-10-35(17-20)18-22-12-26-25(27(31)13-22)9-11-36(28(26)37)24-8-4-7-23(14-24)30(15-21(2)16-30)29-33-32-19-34(29)3/h4,7-9,11-14,19-21H,5-6,10,15-18H2,1-3H3/t20-,21?,30?/m0/s1. The Morgan fingerprint density at radius 1 is 1.08 bits per heavy atom. The predicted molar refractivity (Wildman–Crippen MR) is 151 cm³/mol. The number of nitrogens with zero attached hydrogens (tertiary/aromatic N) is 5. The van der Waals surface area contributed by atoms with E-state index in [0.29, 0.717) is 5.92 Å². The predicted octanol–water partition coefficient (Wildman–Crippen LogP) is 5.83. The first kappa shape index (κ1) is 24.6. The molecule has 6 rings (SSSR count). The summed E-state index contributed by atoms with van der Waals surface area (Å²) in [7, 11) is 2.01. The maximum absolute atomic E-state index is 13.9. The van der Waals surface area contributed by atoms with E-state index in [4.69, 9.17) is 0 Å². The van der Waals surface area contributed by atoms with E-state index in [9.17, 15) is 4.79 Å². The van der Waals surface area contributed by atoms with E-state index in [2.05, 4.69) is 75.2 Å². The Morgan fingerprint density at radius 3 is 2.65 bits per heavy atom. The lowest BCUT2D eigenvalue weighted by Crippen LogP contribution is -2.43. The van der Waals surface area contributed by atoms with E-state index in [1.165, 1.54) is 24.0 Å². The fourth-order valence-corrected chi connectivity index (χ4v) is 7.34. The number of aryl methyl sites for hydroxylation is 1. The lowest BCUT2D eigenvalue weighted by molar-refractivity contribution is 0.176. The van der Waals surface area contributed by atoms with Gasteiger partial charge in [0.05, 0.1) is 5.41 Å². The number of likely N-dealkylation sites (tertiary alicyclic amines) is 1. The Balaban J connectivity index is 1.39. The van der Waals surface area contributed by atoms with Gasteiger partial charge in [0.15, 0.2) is 0 Å². The van der Waals surface area contributed by atoms with Gasteiger partial charge in [0, 0.05) is 47.3 Å². The molecular formula is C30H34BrN5O. The van der Waals surface area contributed by atoms with Gasteiger partial charge in [-0.25, -0.2) is 0 Å². The van der Waals surface area contributed by atoms with Crippen LogP contribution in [0.1, 0.15) is 56.5 Å². The van der Waals surface area contributed by atoms with Crippen LogP contribution in [0.25, 0.3) is 16.5 Å². The number of fused-ring (bicyclic) bond motifs is 1. The first-order valence-corrected chi connectivity index (χ1v) is 14.1. The molecule has 2 fully saturated rings. The lowest BCUT2D eigenvalue weighted by Gasteiger charge is -2.46. The summed E-state index contributed by atoms with van der Waals surface area (Å²) in [6.45, 7) is 7.73. The van der Waals surface area contributed by atoms with E-state index in [1.54, 1.807) is 10.9 Å². The number of piperidine rings is 1. The zero-order chi connectivity index (χ0) is 25.7. The first-order valence-electron chi connectivity index (χ1n) is 13.4. The van der Waals surface area contributed by atoms with Crippen molar-refractivity contribution in [2.24, 2.45) is 18.9 Å². The second-order valence-corrected chi connectivity index (χ2v) is 12.3. The summed E-state index contributed by atoms with van der Waals surface area (Å²) in [6.07, 6.45) is 8.28. The van der Waals surface area contributed by atoms with E-state index >= 15 is 0 Å². The SMILES string of the molecule is CC1CC(c2cccc(-n3ccc4c(Br)cc(CN5CCC[C@H](C)C5)cc4c3=O)c2)(c2nncn2C)C1. The van der Waals surface area contributed by atoms with Gasteiger partial charge in [0.25, 0.3) is 5.56 Å². The van der Waals surface area contributed by atoms with Gasteiger partial charge in [-0.2, -0.15) is 0 Å². The summed E-state index contributed by atoms with van der Waals surface area (Å²) in [6, 6.07) is 14.7. The Labute approximate surface area is 226 Å². The summed E-state index contributed by atoms with van der Waals surface area (Å²) >= 11 is 3.75. The highest BCUT2D eigenvalue weighted by atomic mass is 79.9. The van der Waals surface area contributed by atoms with Gasteiger partial charge < -0.3 is 4.57 Å². The van der Waals surface area contributed by atoms with Crippen LogP contribution in [0.15, 0.2) is 64.3 Å². The van der Waals surface area contributed by atoms with Crippen molar-refractivity contribution >= 4 is 26.7 Å². The summed E-state index contributed by atoms with van der Waals surface area (Å²) in [5, 5.41) is 10.4. The van der Waals surface area contributed by atoms with Crippen LogP contribution in [0.4, 0.5) is 0 Å². The van der Waals surface area contributed by atoms with Crippen LogP contribution in [0.2, 0.25) is 0 Å². The van der Waals surface area contributed by atoms with Gasteiger partial charge >= 0.3 is 0 Å². The normalized spacial score (nSPS) is 24.3. The molecule has 0 bridgehead atoms. The van der Waals surface area contributed by atoms with E-state index in [0.717, 1.165) is 65.2 Å². The molecule has 192 valence electrons. The minimum atomic E-state index is -0.164. The van der Waals surface area contributed by atoms with Crippen molar-refractivity contribution in [1.82, 2.24) is 24.2 Å². The molecule has 0 N–H and O–H groups in total. The molecule has 0 amide bonds. The molecular weight excluding hydrogens is 526 g/mol. The third-order valence-corrected chi connectivity index (χ3v) is 9.04. The molecule has 1 saturated carbocycles. The Kier molecular flexibility index (Phi) is 6.32. The molecule has 0 radical (unpaired) electrons. The van der Waals surface area contributed by atoms with E-state index in [-0.39, 0.29) is 11.0 Å².